The second-order valence-electron chi connectivity index (χ2n) is 7.02. The molecule has 2 aromatic rings. The van der Waals surface area contributed by atoms with Crippen molar-refractivity contribution in [2.75, 3.05) is 19.0 Å². The topological polar surface area (TPSA) is 57.7 Å². The van der Waals surface area contributed by atoms with Crippen LogP contribution in [0.1, 0.15) is 24.5 Å². The molecular formula is C20H23BrN2O3S. The number of anilines is 1. The van der Waals surface area contributed by atoms with Crippen LogP contribution in [-0.4, -0.2) is 38.8 Å². The molecule has 0 aliphatic carbocycles. The molecule has 3 rings (SSSR count). The predicted octanol–water partition coefficient (Wildman–Crippen LogP) is 3.61. The van der Waals surface area contributed by atoms with E-state index in [1.165, 1.54) is 24.0 Å². The van der Waals surface area contributed by atoms with E-state index in [2.05, 4.69) is 28.9 Å². The van der Waals surface area contributed by atoms with E-state index in [1.807, 2.05) is 17.0 Å². The third-order valence-corrected chi connectivity index (χ3v) is 7.18. The molecule has 1 heterocycles. The van der Waals surface area contributed by atoms with E-state index in [9.17, 15) is 13.2 Å². The minimum atomic E-state index is -3.43. The lowest BCUT2D eigenvalue weighted by Crippen LogP contribution is -2.35. The van der Waals surface area contributed by atoms with E-state index in [1.54, 1.807) is 24.3 Å². The number of amides is 1. The maximum Gasteiger partial charge on any atom is 0.242 e. The minimum Gasteiger partial charge on any atom is -0.309 e. The number of benzene rings is 2. The highest BCUT2D eigenvalue weighted by molar-refractivity contribution is 9.10. The molecule has 1 aliphatic rings. The Morgan fingerprint density at radius 1 is 1.19 bits per heavy atom. The van der Waals surface area contributed by atoms with Crippen LogP contribution in [0.2, 0.25) is 0 Å². The number of carbonyl (C=O) groups is 1. The lowest BCUT2D eigenvalue weighted by molar-refractivity contribution is -0.118. The van der Waals surface area contributed by atoms with Crippen molar-refractivity contribution in [3.8, 4) is 0 Å². The Balaban J connectivity index is 1.68. The smallest absolute Gasteiger partial charge is 0.242 e. The minimum absolute atomic E-state index is 0.0913. The third-order valence-electron chi connectivity index (χ3n) is 4.86. The van der Waals surface area contributed by atoms with Crippen molar-refractivity contribution in [1.82, 2.24) is 4.31 Å². The zero-order valence-corrected chi connectivity index (χ0v) is 18.0. The summed E-state index contributed by atoms with van der Waals surface area (Å²) < 4.78 is 26.5. The summed E-state index contributed by atoms with van der Waals surface area (Å²) >= 11 is 3.48. The molecule has 0 saturated carbocycles. The van der Waals surface area contributed by atoms with Crippen molar-refractivity contribution in [2.45, 2.75) is 37.1 Å². The first-order chi connectivity index (χ1) is 12.7. The molecule has 1 unspecified atom stereocenters. The lowest BCUT2D eigenvalue weighted by Gasteiger charge is -2.23. The van der Waals surface area contributed by atoms with E-state index >= 15 is 0 Å². The summed E-state index contributed by atoms with van der Waals surface area (Å²) in [6, 6.07) is 12.9. The number of carbonyl (C=O) groups excluding carboxylic acids is 1. The van der Waals surface area contributed by atoms with Gasteiger partial charge in [-0.1, -0.05) is 28.1 Å². The Morgan fingerprint density at radius 3 is 2.48 bits per heavy atom. The van der Waals surface area contributed by atoms with Crippen molar-refractivity contribution < 1.29 is 13.2 Å². The van der Waals surface area contributed by atoms with E-state index in [4.69, 9.17) is 0 Å². The number of sulfonamides is 1. The molecule has 7 heteroatoms. The van der Waals surface area contributed by atoms with Gasteiger partial charge in [-0.05, 0) is 61.2 Å². The number of hydrogen-bond donors (Lipinski definition) is 0. The third kappa shape index (κ3) is 4.10. The van der Waals surface area contributed by atoms with Gasteiger partial charge in [-0.2, -0.15) is 0 Å². The van der Waals surface area contributed by atoms with Crippen LogP contribution in [0.25, 0.3) is 0 Å². The number of fused-ring (bicyclic) bond motifs is 1. The van der Waals surface area contributed by atoms with Gasteiger partial charge in [-0.3, -0.25) is 4.79 Å². The quantitative estimate of drug-likeness (QED) is 0.698. The average Bonchev–Trinajstić information content (AvgIpc) is 2.94. The van der Waals surface area contributed by atoms with E-state index < -0.39 is 10.0 Å². The normalized spacial score (nSPS) is 16.6. The number of aryl methyl sites for hydroxylation is 1. The molecule has 0 bridgehead atoms. The maximum absolute atomic E-state index is 12.8. The Bertz CT molecular complexity index is 956. The van der Waals surface area contributed by atoms with Crippen LogP contribution >= 0.6 is 15.9 Å². The molecule has 1 atom stereocenters. The highest BCUT2D eigenvalue weighted by atomic mass is 79.9. The van der Waals surface area contributed by atoms with Crippen LogP contribution < -0.4 is 4.90 Å². The van der Waals surface area contributed by atoms with Gasteiger partial charge in [0.25, 0.3) is 0 Å². The summed E-state index contributed by atoms with van der Waals surface area (Å²) in [5.41, 5.74) is 3.12. The van der Waals surface area contributed by atoms with Crippen molar-refractivity contribution in [2.24, 2.45) is 0 Å². The van der Waals surface area contributed by atoms with Gasteiger partial charge in [0.2, 0.25) is 15.9 Å². The molecule has 0 radical (unpaired) electrons. The van der Waals surface area contributed by atoms with Crippen LogP contribution in [0.3, 0.4) is 0 Å². The molecule has 0 spiro atoms. The summed E-state index contributed by atoms with van der Waals surface area (Å²) in [7, 11) is -0.409. The summed E-state index contributed by atoms with van der Waals surface area (Å²) in [5, 5.41) is 0. The fourth-order valence-corrected chi connectivity index (χ4v) is 4.70. The summed E-state index contributed by atoms with van der Waals surface area (Å²) in [4.78, 5) is 14.9. The molecule has 144 valence electrons. The standard InChI is InChI=1S/C20H23BrN2O3S/c1-14-12-16-13-17(21)7-10-19(16)23(14)20(24)11-6-15-4-8-18(9-5-15)27(25,26)22(2)3/h4-5,7-10,13-14H,6,11-12H2,1-3H3. The number of halogens is 1. The van der Waals surface area contributed by atoms with Gasteiger partial charge in [0.05, 0.1) is 4.90 Å². The Morgan fingerprint density at radius 2 is 1.85 bits per heavy atom. The largest absolute Gasteiger partial charge is 0.309 e. The van der Waals surface area contributed by atoms with Crippen molar-refractivity contribution >= 4 is 37.5 Å². The Hall–Kier alpha value is -1.70. The molecule has 0 saturated heterocycles. The van der Waals surface area contributed by atoms with Crippen LogP contribution in [0, 0.1) is 0 Å². The Labute approximate surface area is 169 Å². The molecule has 0 fully saturated rings. The van der Waals surface area contributed by atoms with Gasteiger partial charge in [-0.25, -0.2) is 12.7 Å². The molecule has 0 N–H and O–H groups in total. The van der Waals surface area contributed by atoms with E-state index in [-0.39, 0.29) is 16.8 Å². The monoisotopic (exact) mass is 450 g/mol. The fourth-order valence-electron chi connectivity index (χ4n) is 3.39. The highest BCUT2D eigenvalue weighted by Crippen LogP contribution is 2.34. The second-order valence-corrected chi connectivity index (χ2v) is 10.1. The molecular weight excluding hydrogens is 428 g/mol. The number of nitrogens with zero attached hydrogens (tertiary/aromatic N) is 2. The van der Waals surface area contributed by atoms with Crippen LogP contribution in [-0.2, 0) is 27.7 Å². The average molecular weight is 451 g/mol. The van der Waals surface area contributed by atoms with Gasteiger partial charge in [-0.15, -0.1) is 0 Å². The van der Waals surface area contributed by atoms with Crippen LogP contribution in [0.15, 0.2) is 51.8 Å². The first-order valence-corrected chi connectivity index (χ1v) is 11.1. The van der Waals surface area contributed by atoms with Crippen molar-refractivity contribution in [1.29, 1.82) is 0 Å². The predicted molar refractivity (Wildman–Crippen MR) is 110 cm³/mol. The van der Waals surface area contributed by atoms with Gasteiger partial charge in [0.15, 0.2) is 0 Å². The maximum atomic E-state index is 12.8. The molecule has 0 aromatic heterocycles. The first kappa shape index (κ1) is 20.0. The van der Waals surface area contributed by atoms with Gasteiger partial charge in [0, 0.05) is 36.7 Å². The summed E-state index contributed by atoms with van der Waals surface area (Å²) in [6.45, 7) is 2.06. The number of hydrogen-bond acceptors (Lipinski definition) is 3. The lowest BCUT2D eigenvalue weighted by atomic mass is 10.1. The molecule has 27 heavy (non-hydrogen) atoms. The van der Waals surface area contributed by atoms with Crippen LogP contribution in [0.5, 0.6) is 0 Å². The van der Waals surface area contributed by atoms with Crippen LogP contribution in [0.4, 0.5) is 5.69 Å². The van der Waals surface area contributed by atoms with Crippen molar-refractivity contribution in [3.63, 3.8) is 0 Å². The fraction of sp³-hybridized carbons (Fsp3) is 0.350. The summed E-state index contributed by atoms with van der Waals surface area (Å²) in [5.74, 6) is 0.0913. The molecule has 2 aromatic carbocycles. The summed E-state index contributed by atoms with van der Waals surface area (Å²) in [6.07, 6.45) is 1.83. The van der Waals surface area contributed by atoms with Gasteiger partial charge in [0.1, 0.15) is 0 Å². The molecule has 1 aliphatic heterocycles. The zero-order valence-electron chi connectivity index (χ0n) is 15.6. The van der Waals surface area contributed by atoms with E-state index in [0.29, 0.717) is 12.8 Å². The molecule has 1 amide bonds. The second kappa shape index (κ2) is 7.73. The molecule has 5 nitrogen and oxygen atoms in total. The number of rotatable bonds is 5. The first-order valence-electron chi connectivity index (χ1n) is 8.82. The van der Waals surface area contributed by atoms with Gasteiger partial charge >= 0.3 is 0 Å². The Kier molecular flexibility index (Phi) is 5.74. The van der Waals surface area contributed by atoms with Crippen molar-refractivity contribution in [3.05, 3.63) is 58.1 Å². The van der Waals surface area contributed by atoms with E-state index in [0.717, 1.165) is 22.1 Å². The highest BCUT2D eigenvalue weighted by Gasteiger charge is 2.30. The SMILES string of the molecule is CC1Cc2cc(Br)ccc2N1C(=O)CCc1ccc(S(=O)(=O)N(C)C)cc1. The van der Waals surface area contributed by atoms with Gasteiger partial charge < -0.3 is 4.90 Å². The zero-order chi connectivity index (χ0) is 19.8.